The van der Waals surface area contributed by atoms with E-state index in [9.17, 15) is 8.42 Å². The lowest BCUT2D eigenvalue weighted by atomic mass is 10.1. The van der Waals surface area contributed by atoms with Crippen LogP contribution < -0.4 is 10.0 Å². The van der Waals surface area contributed by atoms with Crippen molar-refractivity contribution in [1.82, 2.24) is 10.0 Å². The predicted molar refractivity (Wildman–Crippen MR) is 73.4 cm³/mol. The standard InChI is InChI=1S/C13H20N2O3S/c1-14-9-11-4-6-13(7-5-11)19(16,17)15-12-3-2-8-18-10-12/h4-7,12,14-15H,2-3,8-10H2,1H3. The molecule has 1 aliphatic rings. The Hall–Kier alpha value is -0.950. The van der Waals surface area contributed by atoms with Gasteiger partial charge in [0.1, 0.15) is 0 Å². The molecule has 106 valence electrons. The number of nitrogens with one attached hydrogen (secondary N) is 2. The van der Waals surface area contributed by atoms with Gasteiger partial charge in [-0.05, 0) is 37.6 Å². The van der Waals surface area contributed by atoms with Crippen molar-refractivity contribution in [2.45, 2.75) is 30.3 Å². The first-order valence-corrected chi connectivity index (χ1v) is 7.94. The molecule has 1 aromatic rings. The highest BCUT2D eigenvalue weighted by Crippen LogP contribution is 2.14. The molecule has 1 heterocycles. The summed E-state index contributed by atoms with van der Waals surface area (Å²) in [6.45, 7) is 1.90. The minimum Gasteiger partial charge on any atom is -0.380 e. The van der Waals surface area contributed by atoms with Crippen molar-refractivity contribution in [3.05, 3.63) is 29.8 Å². The van der Waals surface area contributed by atoms with Crippen LogP contribution in [0.1, 0.15) is 18.4 Å². The Bertz CT molecular complexity index is 493. The van der Waals surface area contributed by atoms with Crippen LogP contribution in [0.5, 0.6) is 0 Å². The lowest BCUT2D eigenvalue weighted by molar-refractivity contribution is 0.0774. The zero-order chi connectivity index (χ0) is 13.7. The minimum absolute atomic E-state index is 0.115. The van der Waals surface area contributed by atoms with Crippen LogP contribution >= 0.6 is 0 Å². The Morgan fingerprint density at radius 1 is 1.32 bits per heavy atom. The summed E-state index contributed by atoms with van der Waals surface area (Å²) in [6.07, 6.45) is 1.73. The van der Waals surface area contributed by atoms with E-state index in [1.165, 1.54) is 0 Å². The third-order valence-electron chi connectivity index (χ3n) is 3.10. The van der Waals surface area contributed by atoms with Crippen LogP contribution in [0.2, 0.25) is 0 Å². The second-order valence-corrected chi connectivity index (χ2v) is 6.42. The largest absolute Gasteiger partial charge is 0.380 e. The Morgan fingerprint density at radius 3 is 2.63 bits per heavy atom. The van der Waals surface area contributed by atoms with Gasteiger partial charge in [0.15, 0.2) is 0 Å². The van der Waals surface area contributed by atoms with Crippen molar-refractivity contribution in [3.63, 3.8) is 0 Å². The van der Waals surface area contributed by atoms with Gasteiger partial charge in [-0.2, -0.15) is 0 Å². The quantitative estimate of drug-likeness (QED) is 0.841. The van der Waals surface area contributed by atoms with E-state index >= 15 is 0 Å². The summed E-state index contributed by atoms with van der Waals surface area (Å²) < 4.78 is 32.3. The second-order valence-electron chi connectivity index (χ2n) is 4.71. The van der Waals surface area contributed by atoms with E-state index in [-0.39, 0.29) is 6.04 Å². The summed E-state index contributed by atoms with van der Waals surface area (Å²) in [7, 11) is -1.59. The highest BCUT2D eigenvalue weighted by Gasteiger charge is 2.21. The van der Waals surface area contributed by atoms with Crippen molar-refractivity contribution in [2.75, 3.05) is 20.3 Å². The van der Waals surface area contributed by atoms with Crippen LogP contribution in [-0.4, -0.2) is 34.7 Å². The van der Waals surface area contributed by atoms with Crippen molar-refractivity contribution < 1.29 is 13.2 Å². The van der Waals surface area contributed by atoms with E-state index in [1.54, 1.807) is 12.1 Å². The molecule has 0 bridgehead atoms. The zero-order valence-corrected chi connectivity index (χ0v) is 11.9. The average molecular weight is 284 g/mol. The van der Waals surface area contributed by atoms with Crippen LogP contribution in [0.25, 0.3) is 0 Å². The number of rotatable bonds is 5. The van der Waals surface area contributed by atoms with E-state index in [2.05, 4.69) is 10.0 Å². The summed E-state index contributed by atoms with van der Waals surface area (Å²) in [6, 6.07) is 6.80. The summed E-state index contributed by atoms with van der Waals surface area (Å²) >= 11 is 0. The Morgan fingerprint density at radius 2 is 2.05 bits per heavy atom. The van der Waals surface area contributed by atoms with Crippen molar-refractivity contribution in [2.24, 2.45) is 0 Å². The fourth-order valence-electron chi connectivity index (χ4n) is 2.11. The average Bonchev–Trinajstić information content (AvgIpc) is 2.40. The lowest BCUT2D eigenvalue weighted by Crippen LogP contribution is -2.40. The van der Waals surface area contributed by atoms with Gasteiger partial charge in [-0.15, -0.1) is 0 Å². The molecule has 1 aromatic carbocycles. The number of hydrogen-bond acceptors (Lipinski definition) is 4. The van der Waals surface area contributed by atoms with Crippen LogP contribution in [0, 0.1) is 0 Å². The summed E-state index contributed by atoms with van der Waals surface area (Å²) in [5.74, 6) is 0. The van der Waals surface area contributed by atoms with E-state index < -0.39 is 10.0 Å². The highest BCUT2D eigenvalue weighted by atomic mass is 32.2. The van der Waals surface area contributed by atoms with Gasteiger partial charge < -0.3 is 10.1 Å². The van der Waals surface area contributed by atoms with Gasteiger partial charge in [0, 0.05) is 19.2 Å². The van der Waals surface area contributed by atoms with Crippen molar-refractivity contribution in [1.29, 1.82) is 0 Å². The molecule has 1 atom stereocenters. The van der Waals surface area contributed by atoms with E-state index in [4.69, 9.17) is 4.74 Å². The molecule has 1 fully saturated rings. The highest BCUT2D eigenvalue weighted by molar-refractivity contribution is 7.89. The molecule has 2 rings (SSSR count). The van der Waals surface area contributed by atoms with Gasteiger partial charge in [0.2, 0.25) is 10.0 Å². The van der Waals surface area contributed by atoms with E-state index in [1.807, 2.05) is 19.2 Å². The first kappa shape index (κ1) is 14.5. The van der Waals surface area contributed by atoms with Crippen molar-refractivity contribution in [3.8, 4) is 0 Å². The number of benzene rings is 1. The molecule has 0 aliphatic carbocycles. The first-order valence-electron chi connectivity index (χ1n) is 6.45. The lowest BCUT2D eigenvalue weighted by Gasteiger charge is -2.23. The number of hydrogen-bond donors (Lipinski definition) is 2. The Balaban J connectivity index is 2.05. The van der Waals surface area contributed by atoms with Crippen molar-refractivity contribution >= 4 is 10.0 Å². The van der Waals surface area contributed by atoms with Gasteiger partial charge in [-0.3, -0.25) is 0 Å². The Kier molecular flexibility index (Phi) is 4.93. The Labute approximate surface area is 114 Å². The SMILES string of the molecule is CNCc1ccc(S(=O)(=O)NC2CCCOC2)cc1. The molecule has 6 heteroatoms. The molecular formula is C13H20N2O3S. The second kappa shape index (κ2) is 6.47. The molecule has 2 N–H and O–H groups in total. The number of ether oxygens (including phenoxy) is 1. The fourth-order valence-corrected chi connectivity index (χ4v) is 3.37. The molecule has 0 saturated carbocycles. The topological polar surface area (TPSA) is 67.4 Å². The predicted octanol–water partition coefficient (Wildman–Crippen LogP) is 0.863. The van der Waals surface area contributed by atoms with Crippen LogP contribution in [0.15, 0.2) is 29.2 Å². The zero-order valence-electron chi connectivity index (χ0n) is 11.1. The monoisotopic (exact) mass is 284 g/mol. The molecule has 1 aliphatic heterocycles. The molecule has 1 saturated heterocycles. The third-order valence-corrected chi connectivity index (χ3v) is 4.63. The first-order chi connectivity index (χ1) is 9.12. The molecule has 0 radical (unpaired) electrons. The molecule has 0 aromatic heterocycles. The maximum Gasteiger partial charge on any atom is 0.240 e. The van der Waals surface area contributed by atoms with Gasteiger partial charge in [0.25, 0.3) is 0 Å². The molecule has 5 nitrogen and oxygen atoms in total. The van der Waals surface area contributed by atoms with Gasteiger partial charge in [0.05, 0.1) is 11.5 Å². The van der Waals surface area contributed by atoms with Crippen LogP contribution in [0.4, 0.5) is 0 Å². The summed E-state index contributed by atoms with van der Waals surface area (Å²) in [4.78, 5) is 0.304. The van der Waals surface area contributed by atoms with E-state index in [0.29, 0.717) is 11.5 Å². The molecular weight excluding hydrogens is 264 g/mol. The molecule has 1 unspecified atom stereocenters. The third kappa shape index (κ3) is 4.01. The van der Waals surface area contributed by atoms with Gasteiger partial charge in [-0.25, -0.2) is 13.1 Å². The smallest absolute Gasteiger partial charge is 0.240 e. The molecule has 19 heavy (non-hydrogen) atoms. The normalized spacial score (nSPS) is 20.4. The molecule has 0 amide bonds. The van der Waals surface area contributed by atoms with Crippen LogP contribution in [-0.2, 0) is 21.3 Å². The number of sulfonamides is 1. The molecule has 0 spiro atoms. The van der Waals surface area contributed by atoms with Crippen LogP contribution in [0.3, 0.4) is 0 Å². The van der Waals surface area contributed by atoms with Gasteiger partial charge >= 0.3 is 0 Å². The summed E-state index contributed by atoms with van der Waals surface area (Å²) in [5.41, 5.74) is 1.06. The maximum absolute atomic E-state index is 12.2. The van der Waals surface area contributed by atoms with E-state index in [0.717, 1.165) is 31.6 Å². The summed E-state index contributed by atoms with van der Waals surface area (Å²) in [5, 5.41) is 3.03. The fraction of sp³-hybridized carbons (Fsp3) is 0.538. The van der Waals surface area contributed by atoms with Gasteiger partial charge in [-0.1, -0.05) is 12.1 Å². The minimum atomic E-state index is -3.44. The maximum atomic E-state index is 12.2.